The summed E-state index contributed by atoms with van der Waals surface area (Å²) >= 11 is 0. The van der Waals surface area contributed by atoms with Crippen LogP contribution in [-0.2, 0) is 18.9 Å². The SMILES string of the molecule is C=C1CC(O)[C@H]2[C@](C)(CO[C@@H]3O[C@H](CO)[C@@H](O)[C@H](O)[C@H]3O)CCC[C@]2(C)[C@H]1CC/C(C)=C/CO[C@@H]1O[C@@H](C)[C@H](O)[C@@H](O)[C@H]1O. The highest BCUT2D eigenvalue weighted by Gasteiger charge is 2.58. The number of hydrogen-bond acceptors (Lipinski definition) is 12. The van der Waals surface area contributed by atoms with Gasteiger partial charge in [-0.1, -0.05) is 44.1 Å². The fraction of sp³-hybridized carbons (Fsp3) is 0.875. The van der Waals surface area contributed by atoms with Gasteiger partial charge >= 0.3 is 0 Å². The van der Waals surface area contributed by atoms with Crippen LogP contribution in [0.4, 0.5) is 0 Å². The first-order valence-electron chi connectivity index (χ1n) is 15.9. The second-order valence-corrected chi connectivity index (χ2v) is 14.1. The Hall–Kier alpha value is -1.00. The van der Waals surface area contributed by atoms with Crippen molar-refractivity contribution < 1.29 is 59.8 Å². The molecule has 4 aliphatic rings. The summed E-state index contributed by atoms with van der Waals surface area (Å²) in [6, 6.07) is 0. The van der Waals surface area contributed by atoms with E-state index in [0.717, 1.165) is 43.3 Å². The van der Waals surface area contributed by atoms with Gasteiger partial charge in [-0.25, -0.2) is 0 Å². The first-order valence-corrected chi connectivity index (χ1v) is 15.9. The first-order chi connectivity index (χ1) is 20.6. The zero-order chi connectivity index (χ0) is 32.6. The third-order valence-corrected chi connectivity index (χ3v) is 10.8. The van der Waals surface area contributed by atoms with Crippen LogP contribution in [0, 0.1) is 22.7 Å². The van der Waals surface area contributed by atoms with Gasteiger partial charge in [0.1, 0.15) is 42.7 Å². The molecule has 15 atom stereocenters. The number of allylic oxidation sites excluding steroid dienone is 1. The molecule has 2 aliphatic carbocycles. The lowest BCUT2D eigenvalue weighted by molar-refractivity contribution is -0.310. The molecule has 4 fully saturated rings. The molecule has 4 rings (SSSR count). The monoisotopic (exact) mass is 630 g/mol. The van der Waals surface area contributed by atoms with Crippen LogP contribution in [0.1, 0.15) is 66.2 Å². The molecule has 0 aromatic heterocycles. The standard InChI is InChI=1S/C32H54O12/c1-16(9-12-41-29-26(39)24(37)22(35)18(3)43-29)7-8-19-17(2)13-20(34)28-31(4,10-6-11-32(19,28)5)15-42-30-27(40)25(38)23(36)21(14-33)44-30/h9,18-30,33-40H,2,6-8,10-15H2,1,3-5H3/b16-9+/t18-,19-,20?,21+,22-,23+,24+,25-,26+,27+,28-,29+,30+,31-,32+/m0/s1. The molecule has 0 bridgehead atoms. The van der Waals surface area contributed by atoms with E-state index in [2.05, 4.69) is 20.4 Å². The van der Waals surface area contributed by atoms with Crippen molar-refractivity contribution in [3.63, 3.8) is 0 Å². The molecule has 2 heterocycles. The number of fused-ring (bicyclic) bond motifs is 1. The molecule has 254 valence electrons. The number of rotatable bonds is 10. The number of hydrogen-bond donors (Lipinski definition) is 8. The third-order valence-electron chi connectivity index (χ3n) is 10.8. The Morgan fingerprint density at radius 1 is 0.909 bits per heavy atom. The highest BCUT2D eigenvalue weighted by molar-refractivity contribution is 5.19. The summed E-state index contributed by atoms with van der Waals surface area (Å²) in [5.41, 5.74) is 1.34. The maximum absolute atomic E-state index is 11.4. The van der Waals surface area contributed by atoms with E-state index in [4.69, 9.17) is 18.9 Å². The van der Waals surface area contributed by atoms with Gasteiger partial charge in [-0.05, 0) is 68.6 Å². The van der Waals surface area contributed by atoms with Gasteiger partial charge in [-0.3, -0.25) is 0 Å². The Morgan fingerprint density at radius 3 is 2.20 bits per heavy atom. The minimum absolute atomic E-state index is 0.132. The highest BCUT2D eigenvalue weighted by atomic mass is 16.7. The van der Waals surface area contributed by atoms with E-state index >= 15 is 0 Å². The molecule has 44 heavy (non-hydrogen) atoms. The molecular weight excluding hydrogens is 576 g/mol. The lowest BCUT2D eigenvalue weighted by atomic mass is 9.46. The zero-order valence-corrected chi connectivity index (χ0v) is 26.4. The number of aliphatic hydroxyl groups excluding tert-OH is 8. The molecule has 12 heteroatoms. The molecule has 2 saturated heterocycles. The Bertz CT molecular complexity index is 1010. The summed E-state index contributed by atoms with van der Waals surface area (Å²) in [6.07, 6.45) is -6.42. The average Bonchev–Trinajstić information content (AvgIpc) is 2.96. The molecule has 12 nitrogen and oxygen atoms in total. The molecule has 0 spiro atoms. The largest absolute Gasteiger partial charge is 0.394 e. The van der Waals surface area contributed by atoms with E-state index in [-0.39, 0.29) is 30.5 Å². The van der Waals surface area contributed by atoms with Gasteiger partial charge in [-0.2, -0.15) is 0 Å². The third kappa shape index (κ3) is 7.12. The maximum Gasteiger partial charge on any atom is 0.186 e. The van der Waals surface area contributed by atoms with E-state index in [0.29, 0.717) is 6.42 Å². The van der Waals surface area contributed by atoms with E-state index in [1.807, 2.05) is 13.0 Å². The van der Waals surface area contributed by atoms with Crippen LogP contribution < -0.4 is 0 Å². The van der Waals surface area contributed by atoms with Crippen molar-refractivity contribution in [3.05, 3.63) is 23.8 Å². The second kappa shape index (κ2) is 14.4. The van der Waals surface area contributed by atoms with E-state index in [9.17, 15) is 40.9 Å². The Balaban J connectivity index is 1.39. The topological polar surface area (TPSA) is 199 Å². The summed E-state index contributed by atoms with van der Waals surface area (Å²) in [5, 5.41) is 81.9. The van der Waals surface area contributed by atoms with Crippen LogP contribution in [0.5, 0.6) is 0 Å². The van der Waals surface area contributed by atoms with Crippen LogP contribution in [0.3, 0.4) is 0 Å². The van der Waals surface area contributed by atoms with Gasteiger partial charge < -0.3 is 59.8 Å². The van der Waals surface area contributed by atoms with Crippen LogP contribution >= 0.6 is 0 Å². The first kappa shape index (κ1) is 35.8. The van der Waals surface area contributed by atoms with Crippen molar-refractivity contribution in [2.75, 3.05) is 19.8 Å². The molecule has 1 unspecified atom stereocenters. The van der Waals surface area contributed by atoms with Crippen molar-refractivity contribution in [2.45, 2.75) is 134 Å². The Kier molecular flexibility index (Phi) is 11.7. The minimum Gasteiger partial charge on any atom is -0.394 e. The van der Waals surface area contributed by atoms with Crippen molar-refractivity contribution in [1.82, 2.24) is 0 Å². The molecular formula is C32H54O12. The Morgan fingerprint density at radius 2 is 1.55 bits per heavy atom. The lowest BCUT2D eigenvalue weighted by Crippen LogP contribution is -2.61. The molecule has 0 amide bonds. The van der Waals surface area contributed by atoms with Crippen LogP contribution in [0.15, 0.2) is 23.8 Å². The van der Waals surface area contributed by atoms with Gasteiger partial charge in [0.05, 0.1) is 32.0 Å². The summed E-state index contributed by atoms with van der Waals surface area (Å²) in [4.78, 5) is 0. The number of ether oxygens (including phenoxy) is 4. The van der Waals surface area contributed by atoms with E-state index < -0.39 is 79.5 Å². The van der Waals surface area contributed by atoms with Crippen molar-refractivity contribution >= 4 is 0 Å². The molecule has 8 N–H and O–H groups in total. The fourth-order valence-corrected chi connectivity index (χ4v) is 8.35. The van der Waals surface area contributed by atoms with Crippen molar-refractivity contribution in [3.8, 4) is 0 Å². The molecule has 2 saturated carbocycles. The molecule has 2 aliphatic heterocycles. The summed E-state index contributed by atoms with van der Waals surface area (Å²) < 4.78 is 22.8. The predicted molar refractivity (Wildman–Crippen MR) is 158 cm³/mol. The summed E-state index contributed by atoms with van der Waals surface area (Å²) in [5.74, 6) is -0.00139. The highest BCUT2D eigenvalue weighted by Crippen LogP contribution is 2.62. The number of aliphatic hydroxyl groups is 8. The van der Waals surface area contributed by atoms with Gasteiger partial charge in [0.25, 0.3) is 0 Å². The van der Waals surface area contributed by atoms with Crippen molar-refractivity contribution in [2.24, 2.45) is 22.7 Å². The quantitative estimate of drug-likeness (QED) is 0.152. The van der Waals surface area contributed by atoms with Crippen molar-refractivity contribution in [1.29, 1.82) is 0 Å². The Labute approximate surface area is 259 Å². The van der Waals surface area contributed by atoms with Gasteiger partial charge in [-0.15, -0.1) is 0 Å². The molecule has 0 aromatic rings. The van der Waals surface area contributed by atoms with E-state index in [1.54, 1.807) is 6.92 Å². The smallest absolute Gasteiger partial charge is 0.186 e. The zero-order valence-electron chi connectivity index (χ0n) is 26.4. The van der Waals surface area contributed by atoms with Crippen LogP contribution in [-0.4, -0.2) is 128 Å². The maximum atomic E-state index is 11.4. The summed E-state index contributed by atoms with van der Waals surface area (Å²) in [6.45, 7) is 12.1. The van der Waals surface area contributed by atoms with E-state index in [1.165, 1.54) is 0 Å². The normalized spacial score (nSPS) is 48.7. The van der Waals surface area contributed by atoms with Crippen LogP contribution in [0.2, 0.25) is 0 Å². The second-order valence-electron chi connectivity index (χ2n) is 14.1. The minimum atomic E-state index is -1.52. The van der Waals surface area contributed by atoms with Crippen LogP contribution in [0.25, 0.3) is 0 Å². The fourth-order valence-electron chi connectivity index (χ4n) is 8.35. The molecule has 0 radical (unpaired) electrons. The summed E-state index contributed by atoms with van der Waals surface area (Å²) in [7, 11) is 0. The van der Waals surface area contributed by atoms with Gasteiger partial charge in [0.2, 0.25) is 0 Å². The predicted octanol–water partition coefficient (Wildman–Crippen LogP) is 0.123. The molecule has 0 aromatic carbocycles. The van der Waals surface area contributed by atoms with Gasteiger partial charge in [0.15, 0.2) is 12.6 Å². The van der Waals surface area contributed by atoms with Gasteiger partial charge in [0, 0.05) is 0 Å². The average molecular weight is 631 g/mol. The lowest BCUT2D eigenvalue weighted by Gasteiger charge is -2.60.